The summed E-state index contributed by atoms with van der Waals surface area (Å²) in [5.41, 5.74) is 10.1. The first-order chi connectivity index (χ1) is 22.6. The van der Waals surface area contributed by atoms with Crippen molar-refractivity contribution in [1.82, 2.24) is 9.88 Å². The number of rotatable bonds is 3. The minimum atomic E-state index is -0.166. The van der Waals surface area contributed by atoms with Crippen LogP contribution >= 0.6 is 0 Å². The summed E-state index contributed by atoms with van der Waals surface area (Å²) in [7, 11) is 0. The predicted molar refractivity (Wildman–Crippen MR) is 192 cm³/mol. The highest BCUT2D eigenvalue weighted by atomic mass is 15.4. The van der Waals surface area contributed by atoms with Crippen LogP contribution in [0.3, 0.4) is 0 Å². The highest BCUT2D eigenvalue weighted by Crippen LogP contribution is 2.51. The largest absolute Gasteiger partial charge is 0.620 e. The average molecular weight is 598 g/mol. The van der Waals surface area contributed by atoms with Crippen LogP contribution in [0.1, 0.15) is 37.8 Å². The van der Waals surface area contributed by atoms with Gasteiger partial charge in [0.25, 0.3) is 0 Å². The number of allylic oxidation sites excluding steroid dienone is 6. The Morgan fingerprint density at radius 3 is 2.22 bits per heavy atom. The SMILES string of the molecule is CC1(C)c2ccccc2-c2cc3c(cc21)c1ccc(-c2ccccc2)cc1n3C1=NC(C2C=CC=CC2)[N-]C(C2C=CC=CC2)N1. The standard InChI is InChI=1S/C42H37N4/c1-42(2)35-21-13-12-20-31(35)33-26-38-34(25-36(33)42)32-23-22-30(27-14-6-3-7-15-27)24-37(32)46(38)41-44-39(28-16-8-4-9-17-28)43-40(45-41)29-18-10-5-11-19-29/h3-16,18,20-26,28-29,39-40H,17,19H2,1-2H3,(H,44,45)/q-1. The minimum absolute atomic E-state index is 0.0723. The Labute approximate surface area is 270 Å². The van der Waals surface area contributed by atoms with Crippen molar-refractivity contribution in [2.75, 3.05) is 0 Å². The molecule has 4 aromatic carbocycles. The predicted octanol–water partition coefficient (Wildman–Crippen LogP) is 9.87. The summed E-state index contributed by atoms with van der Waals surface area (Å²) < 4.78 is 2.39. The lowest BCUT2D eigenvalue weighted by atomic mass is 9.82. The molecule has 4 atom stereocenters. The van der Waals surface area contributed by atoms with Gasteiger partial charge in [0.2, 0.25) is 0 Å². The second-order valence-corrected chi connectivity index (χ2v) is 13.5. The molecule has 4 heteroatoms. The van der Waals surface area contributed by atoms with Crippen molar-refractivity contribution in [3.63, 3.8) is 0 Å². The molecule has 0 saturated carbocycles. The summed E-state index contributed by atoms with van der Waals surface area (Å²) in [6, 6.07) is 31.4. The molecule has 1 aromatic heterocycles. The fraction of sp³-hybridized carbons (Fsp3) is 0.214. The van der Waals surface area contributed by atoms with E-state index >= 15 is 0 Å². The molecule has 3 aliphatic carbocycles. The molecule has 0 radical (unpaired) electrons. The summed E-state index contributed by atoms with van der Waals surface area (Å²) in [4.78, 5) is 5.44. The maximum atomic E-state index is 5.44. The van der Waals surface area contributed by atoms with E-state index in [1.165, 1.54) is 49.7 Å². The topological polar surface area (TPSA) is 43.4 Å². The van der Waals surface area contributed by atoms with Crippen LogP contribution in [0.2, 0.25) is 0 Å². The molecule has 1 aliphatic heterocycles. The highest BCUT2D eigenvalue weighted by molar-refractivity contribution is 6.16. The first-order valence-electron chi connectivity index (χ1n) is 16.6. The van der Waals surface area contributed by atoms with Crippen molar-refractivity contribution < 1.29 is 0 Å². The van der Waals surface area contributed by atoms with Gasteiger partial charge in [-0.3, -0.25) is 9.56 Å². The molecule has 5 aromatic rings. The normalized spacial score (nSPS) is 24.2. The van der Waals surface area contributed by atoms with Crippen molar-refractivity contribution in [3.05, 3.63) is 150 Å². The zero-order chi connectivity index (χ0) is 30.8. The molecule has 4 nitrogen and oxygen atoms in total. The van der Waals surface area contributed by atoms with E-state index in [1.54, 1.807) is 0 Å². The van der Waals surface area contributed by atoms with Crippen molar-refractivity contribution in [2.24, 2.45) is 16.8 Å². The van der Waals surface area contributed by atoms with Crippen LogP contribution in [0.5, 0.6) is 0 Å². The van der Waals surface area contributed by atoms with Crippen LogP contribution < -0.4 is 5.32 Å². The minimum Gasteiger partial charge on any atom is -0.620 e. The van der Waals surface area contributed by atoms with Crippen molar-refractivity contribution in [2.45, 2.75) is 44.4 Å². The summed E-state index contributed by atoms with van der Waals surface area (Å²) >= 11 is 0. The van der Waals surface area contributed by atoms with Gasteiger partial charge in [0.15, 0.2) is 5.96 Å². The van der Waals surface area contributed by atoms with Crippen LogP contribution in [0.4, 0.5) is 0 Å². The van der Waals surface area contributed by atoms with Gasteiger partial charge < -0.3 is 10.6 Å². The number of nitrogens with one attached hydrogen (secondary N) is 1. The van der Waals surface area contributed by atoms with E-state index in [0.717, 1.165) is 24.3 Å². The Kier molecular flexibility index (Phi) is 6.29. The molecule has 2 heterocycles. The van der Waals surface area contributed by atoms with Gasteiger partial charge in [0.1, 0.15) is 0 Å². The molecule has 4 aliphatic rings. The molecule has 1 N–H and O–H groups in total. The fourth-order valence-corrected chi connectivity index (χ4v) is 7.98. The van der Waals surface area contributed by atoms with Gasteiger partial charge in [0, 0.05) is 16.2 Å². The number of fused-ring (bicyclic) bond motifs is 6. The number of hydrogen-bond acceptors (Lipinski definition) is 2. The number of benzene rings is 4. The van der Waals surface area contributed by atoms with E-state index in [9.17, 15) is 0 Å². The molecule has 0 spiro atoms. The molecule has 226 valence electrons. The van der Waals surface area contributed by atoms with E-state index in [1.807, 2.05) is 0 Å². The van der Waals surface area contributed by atoms with E-state index in [4.69, 9.17) is 10.3 Å². The van der Waals surface area contributed by atoms with Crippen molar-refractivity contribution in [1.29, 1.82) is 0 Å². The molecule has 0 amide bonds. The molecule has 9 rings (SSSR count). The lowest BCUT2D eigenvalue weighted by Gasteiger charge is -2.49. The third-order valence-electron chi connectivity index (χ3n) is 10.4. The maximum absolute atomic E-state index is 5.44. The van der Waals surface area contributed by atoms with Gasteiger partial charge in [-0.25, -0.2) is 0 Å². The second kappa shape index (κ2) is 10.6. The molecular formula is C42H37N4-. The Hall–Kier alpha value is -4.93. The Balaban J connectivity index is 1.30. The summed E-state index contributed by atoms with van der Waals surface area (Å²) in [5.74, 6) is 1.38. The van der Waals surface area contributed by atoms with E-state index in [2.05, 4.69) is 157 Å². The van der Waals surface area contributed by atoms with Gasteiger partial charge >= 0.3 is 0 Å². The van der Waals surface area contributed by atoms with Gasteiger partial charge in [-0.05, 0) is 82.4 Å². The lowest BCUT2D eigenvalue weighted by Crippen LogP contribution is -2.48. The zero-order valence-corrected chi connectivity index (χ0v) is 26.3. The van der Waals surface area contributed by atoms with Gasteiger partial charge in [-0.15, -0.1) is 0 Å². The van der Waals surface area contributed by atoms with Crippen LogP contribution in [0.25, 0.3) is 49.4 Å². The Morgan fingerprint density at radius 2 is 1.43 bits per heavy atom. The summed E-state index contributed by atoms with van der Waals surface area (Å²) in [6.45, 7) is 4.72. The third kappa shape index (κ3) is 4.28. The van der Waals surface area contributed by atoms with Crippen LogP contribution in [0, 0.1) is 11.8 Å². The van der Waals surface area contributed by atoms with Gasteiger partial charge in [-0.1, -0.05) is 135 Å². The quantitative estimate of drug-likeness (QED) is 0.221. The lowest BCUT2D eigenvalue weighted by molar-refractivity contribution is 0.431. The number of aliphatic imine (C=N–C) groups is 1. The smallest absolute Gasteiger partial charge is 0.200 e. The Bertz CT molecular complexity index is 2160. The van der Waals surface area contributed by atoms with E-state index < -0.39 is 0 Å². The van der Waals surface area contributed by atoms with Gasteiger partial charge in [-0.2, -0.15) is 0 Å². The third-order valence-corrected chi connectivity index (χ3v) is 10.4. The van der Waals surface area contributed by atoms with E-state index in [-0.39, 0.29) is 29.6 Å². The van der Waals surface area contributed by atoms with Crippen LogP contribution in [-0.2, 0) is 5.41 Å². The summed E-state index contributed by atoms with van der Waals surface area (Å²) in [6.07, 6.45) is 19.3. The Morgan fingerprint density at radius 1 is 0.696 bits per heavy atom. The highest BCUT2D eigenvalue weighted by Gasteiger charge is 2.36. The second-order valence-electron chi connectivity index (χ2n) is 13.5. The van der Waals surface area contributed by atoms with Crippen molar-refractivity contribution >= 4 is 27.8 Å². The molecule has 46 heavy (non-hydrogen) atoms. The fourth-order valence-electron chi connectivity index (χ4n) is 7.98. The molecule has 0 fully saturated rings. The number of hydrogen-bond donors (Lipinski definition) is 1. The maximum Gasteiger partial charge on any atom is 0.200 e. The van der Waals surface area contributed by atoms with Gasteiger partial charge in [0.05, 0.1) is 11.0 Å². The first kappa shape index (κ1) is 27.4. The van der Waals surface area contributed by atoms with Crippen LogP contribution in [0.15, 0.2) is 139 Å². The summed E-state index contributed by atoms with van der Waals surface area (Å²) in [5, 5.41) is 11.7. The zero-order valence-electron chi connectivity index (χ0n) is 26.3. The van der Waals surface area contributed by atoms with Crippen LogP contribution in [-0.4, -0.2) is 22.9 Å². The molecule has 0 bridgehead atoms. The number of nitrogens with zero attached hydrogens (tertiary/aromatic N) is 3. The van der Waals surface area contributed by atoms with E-state index in [0.29, 0.717) is 0 Å². The molecule has 4 unspecified atom stereocenters. The van der Waals surface area contributed by atoms with Crippen molar-refractivity contribution in [3.8, 4) is 22.3 Å². The average Bonchev–Trinajstić information content (AvgIpc) is 3.56. The monoisotopic (exact) mass is 597 g/mol. The molecule has 0 saturated heterocycles. The molecular weight excluding hydrogens is 560 g/mol. The first-order valence-corrected chi connectivity index (χ1v) is 16.6. The number of aromatic nitrogens is 1.